The van der Waals surface area contributed by atoms with Crippen LogP contribution in [-0.2, 0) is 20.1 Å². The Hall–Kier alpha value is -5.77. The minimum atomic E-state index is -0.175. The number of aryl methyl sites for hydroxylation is 2. The number of urea groups is 1. The van der Waals surface area contributed by atoms with Gasteiger partial charge in [-0.05, 0) is 49.8 Å². The van der Waals surface area contributed by atoms with Crippen molar-refractivity contribution in [2.24, 2.45) is 7.05 Å². The fourth-order valence-corrected chi connectivity index (χ4v) is 5.80. The smallest absolute Gasteiger partial charge is 0.323 e. The Morgan fingerprint density at radius 3 is 2.60 bits per heavy atom. The van der Waals surface area contributed by atoms with Crippen LogP contribution in [0.1, 0.15) is 43.2 Å². The molecule has 0 atom stereocenters. The predicted octanol–water partition coefficient (Wildman–Crippen LogP) is 4.98. The maximum Gasteiger partial charge on any atom is 0.323 e. The average Bonchev–Trinajstić information content (AvgIpc) is 3.80. The summed E-state index contributed by atoms with van der Waals surface area (Å²) in [6.45, 7) is 1.91. The minimum Gasteiger partial charge on any atom is -0.369 e. The quantitative estimate of drug-likeness (QED) is 0.162. The summed E-state index contributed by atoms with van der Waals surface area (Å²) in [7, 11) is 1.88. The molecule has 1 saturated carbocycles. The van der Waals surface area contributed by atoms with E-state index in [0.29, 0.717) is 36.2 Å². The monoisotopic (exact) mass is 630 g/mol. The van der Waals surface area contributed by atoms with Crippen LogP contribution in [0.5, 0.6) is 0 Å². The molecule has 4 heterocycles. The van der Waals surface area contributed by atoms with E-state index in [4.69, 9.17) is 4.98 Å². The van der Waals surface area contributed by atoms with Crippen LogP contribution in [0.25, 0.3) is 11.1 Å². The molecule has 5 aromatic rings. The van der Waals surface area contributed by atoms with E-state index in [0.717, 1.165) is 55.3 Å². The third-order valence-corrected chi connectivity index (χ3v) is 8.29. The largest absolute Gasteiger partial charge is 0.369 e. The lowest BCUT2D eigenvalue weighted by atomic mass is 9.90. The van der Waals surface area contributed by atoms with Crippen LogP contribution in [0.15, 0.2) is 86.0 Å². The number of carbonyl (C=O) groups excluding carboxylic acids is 1. The lowest BCUT2D eigenvalue weighted by molar-refractivity contribution is 0.240. The van der Waals surface area contributed by atoms with Crippen LogP contribution in [0, 0.1) is 11.3 Å². The Kier molecular flexibility index (Phi) is 9.97. The molecule has 0 aliphatic heterocycles. The van der Waals surface area contributed by atoms with Crippen molar-refractivity contribution in [1.29, 1.82) is 5.26 Å². The summed E-state index contributed by atoms with van der Waals surface area (Å²) in [4.78, 5) is 33.3. The number of rotatable bonds is 12. The van der Waals surface area contributed by atoms with Crippen molar-refractivity contribution in [3.63, 3.8) is 0 Å². The molecule has 47 heavy (non-hydrogen) atoms. The van der Waals surface area contributed by atoms with Gasteiger partial charge >= 0.3 is 6.03 Å². The first-order valence-corrected chi connectivity index (χ1v) is 15.8. The maximum atomic E-state index is 13.7. The molecule has 0 bridgehead atoms. The van der Waals surface area contributed by atoms with Crippen molar-refractivity contribution in [3.05, 3.63) is 97.1 Å². The van der Waals surface area contributed by atoms with Crippen LogP contribution in [0.2, 0.25) is 0 Å². The summed E-state index contributed by atoms with van der Waals surface area (Å²) in [5, 5.41) is 23.7. The van der Waals surface area contributed by atoms with Gasteiger partial charge in [-0.15, -0.1) is 0 Å². The van der Waals surface area contributed by atoms with Crippen LogP contribution >= 0.6 is 0 Å². The van der Waals surface area contributed by atoms with Gasteiger partial charge in [-0.25, -0.2) is 19.7 Å². The van der Waals surface area contributed by atoms with E-state index < -0.39 is 0 Å². The van der Waals surface area contributed by atoms with Crippen LogP contribution < -0.4 is 20.9 Å². The molecule has 13 nitrogen and oxygen atoms in total. The summed E-state index contributed by atoms with van der Waals surface area (Å²) >= 11 is 0. The van der Waals surface area contributed by atoms with Crippen molar-refractivity contribution in [2.75, 3.05) is 22.1 Å². The molecule has 1 fully saturated rings. The number of hydrogen-bond acceptors (Lipinski definition) is 9. The van der Waals surface area contributed by atoms with E-state index in [1.807, 2.05) is 66.5 Å². The van der Waals surface area contributed by atoms with Crippen LogP contribution in [-0.4, -0.2) is 58.9 Å². The van der Waals surface area contributed by atoms with Gasteiger partial charge < -0.3 is 20.5 Å². The van der Waals surface area contributed by atoms with Crippen LogP contribution in [0.3, 0.4) is 0 Å². The van der Waals surface area contributed by atoms with Crippen molar-refractivity contribution in [2.45, 2.75) is 57.3 Å². The number of pyridine rings is 1. The van der Waals surface area contributed by atoms with Gasteiger partial charge in [0.25, 0.3) is 0 Å². The van der Waals surface area contributed by atoms with Crippen molar-refractivity contribution in [3.8, 4) is 17.2 Å². The first kappa shape index (κ1) is 31.2. The number of benzene rings is 1. The Morgan fingerprint density at radius 2 is 1.89 bits per heavy atom. The lowest BCUT2D eigenvalue weighted by Crippen LogP contribution is -2.49. The topological polar surface area (TPSA) is 154 Å². The minimum absolute atomic E-state index is 0.0322. The molecule has 0 unspecified atom stereocenters. The van der Waals surface area contributed by atoms with Gasteiger partial charge in [0.15, 0.2) is 0 Å². The first-order valence-electron chi connectivity index (χ1n) is 15.8. The normalized spacial score (nSPS) is 15.8. The molecule has 1 aliphatic carbocycles. The highest BCUT2D eigenvalue weighted by Gasteiger charge is 2.31. The average molecular weight is 631 g/mol. The van der Waals surface area contributed by atoms with Gasteiger partial charge in [-0.3, -0.25) is 9.58 Å². The molecule has 4 aromatic heterocycles. The van der Waals surface area contributed by atoms with E-state index in [1.165, 1.54) is 0 Å². The molecule has 6 rings (SSSR count). The van der Waals surface area contributed by atoms with Gasteiger partial charge in [0.05, 0.1) is 18.7 Å². The van der Waals surface area contributed by atoms with E-state index in [9.17, 15) is 10.1 Å². The molecule has 0 spiro atoms. The zero-order valence-electron chi connectivity index (χ0n) is 26.3. The zero-order valence-corrected chi connectivity index (χ0v) is 26.3. The lowest BCUT2D eigenvalue weighted by Gasteiger charge is -2.36. The molecule has 0 radical (unpaired) electrons. The van der Waals surface area contributed by atoms with Crippen molar-refractivity contribution >= 4 is 23.6 Å². The third kappa shape index (κ3) is 8.09. The zero-order chi connectivity index (χ0) is 32.4. The Morgan fingerprint density at radius 1 is 1.04 bits per heavy atom. The van der Waals surface area contributed by atoms with Gasteiger partial charge in [-0.2, -0.15) is 15.3 Å². The fourth-order valence-electron chi connectivity index (χ4n) is 5.80. The van der Waals surface area contributed by atoms with Crippen molar-refractivity contribution in [1.82, 2.24) is 39.6 Å². The Balaban J connectivity index is 1.10. The number of anilines is 3. The van der Waals surface area contributed by atoms with Gasteiger partial charge in [0.1, 0.15) is 23.3 Å². The molecule has 1 aliphatic rings. The SMILES string of the molecule is Cn1cc(-c2ccc(N(C(=O)NCc3ccccc3)C3CCC(Nc4ncc(C#N)c(NCCCn5ccnc5)n4)CC3)nc2)cn1. The van der Waals surface area contributed by atoms with Gasteiger partial charge in [0, 0.05) is 74.7 Å². The second-order valence-corrected chi connectivity index (χ2v) is 11.6. The Bertz CT molecular complexity index is 1770. The maximum absolute atomic E-state index is 13.7. The summed E-state index contributed by atoms with van der Waals surface area (Å²) in [6, 6.07) is 15.9. The summed E-state index contributed by atoms with van der Waals surface area (Å²) in [6.07, 6.45) is 16.6. The van der Waals surface area contributed by atoms with Crippen molar-refractivity contribution < 1.29 is 4.79 Å². The highest BCUT2D eigenvalue weighted by molar-refractivity contribution is 5.91. The van der Waals surface area contributed by atoms with E-state index >= 15 is 0 Å². The Labute approximate surface area is 273 Å². The number of nitrogens with one attached hydrogen (secondary N) is 3. The number of nitrogens with zero attached hydrogens (tertiary/aromatic N) is 9. The second-order valence-electron chi connectivity index (χ2n) is 11.6. The summed E-state index contributed by atoms with van der Waals surface area (Å²) in [5.41, 5.74) is 3.34. The first-order chi connectivity index (χ1) is 23.1. The molecule has 0 saturated heterocycles. The molecule has 240 valence electrons. The van der Waals surface area contributed by atoms with E-state index in [1.54, 1.807) is 40.7 Å². The highest BCUT2D eigenvalue weighted by atomic mass is 16.2. The fraction of sp³-hybridized carbons (Fsp3) is 0.324. The van der Waals surface area contributed by atoms with Gasteiger partial charge in [0.2, 0.25) is 5.95 Å². The number of nitriles is 1. The summed E-state index contributed by atoms with van der Waals surface area (Å²) < 4.78 is 3.77. The molecular weight excluding hydrogens is 592 g/mol. The number of hydrogen-bond donors (Lipinski definition) is 3. The molecule has 13 heteroatoms. The predicted molar refractivity (Wildman–Crippen MR) is 179 cm³/mol. The second kappa shape index (κ2) is 15.0. The standard InChI is InChI=1S/C34H38N12O/c1-44-23-28(22-41-44)26-8-13-31(38-20-26)46(34(47)40-19-25-6-3-2-4-7-25)30-11-9-29(10-12-30)42-33-39-21-27(18-35)32(43-33)37-14-5-16-45-17-15-36-24-45/h2-4,6-8,13,15,17,20-24,29-30H,5,9-12,14,16,19H2,1H3,(H,40,47)(H2,37,39,42,43). The molecule has 2 amide bonds. The number of imidazole rings is 1. The van der Waals surface area contributed by atoms with Crippen LogP contribution in [0.4, 0.5) is 22.4 Å². The molecule has 3 N–H and O–H groups in total. The highest BCUT2D eigenvalue weighted by Crippen LogP contribution is 2.30. The number of carbonyl (C=O) groups is 1. The number of aromatic nitrogens is 7. The van der Waals surface area contributed by atoms with Gasteiger partial charge in [-0.1, -0.05) is 30.3 Å². The third-order valence-electron chi connectivity index (χ3n) is 8.29. The number of amides is 2. The van der Waals surface area contributed by atoms with E-state index in [-0.39, 0.29) is 18.1 Å². The summed E-state index contributed by atoms with van der Waals surface area (Å²) in [5.74, 6) is 1.61. The van der Waals surface area contributed by atoms with E-state index in [2.05, 4.69) is 42.1 Å². The molecular formula is C34H38N12O. The molecule has 1 aromatic carbocycles.